The van der Waals surface area contributed by atoms with E-state index in [0.717, 1.165) is 53.0 Å². The molecule has 0 fully saturated rings. The first kappa shape index (κ1) is 14.8. The van der Waals surface area contributed by atoms with Gasteiger partial charge in [-0.25, -0.2) is 19.9 Å². The van der Waals surface area contributed by atoms with Gasteiger partial charge >= 0.3 is 0 Å². The summed E-state index contributed by atoms with van der Waals surface area (Å²) in [4.78, 5) is 18.3. The number of aryl methyl sites for hydroxylation is 3. The summed E-state index contributed by atoms with van der Waals surface area (Å²) in [7, 11) is 1.65. The van der Waals surface area contributed by atoms with Crippen LogP contribution in [0.1, 0.15) is 29.1 Å². The van der Waals surface area contributed by atoms with E-state index in [9.17, 15) is 0 Å². The number of hydrogen-bond donors (Lipinski definition) is 1. The minimum Gasteiger partial charge on any atom is -0.497 e. The molecule has 24 heavy (non-hydrogen) atoms. The zero-order valence-corrected chi connectivity index (χ0v) is 14.1. The minimum absolute atomic E-state index is 0.516. The lowest BCUT2D eigenvalue weighted by Crippen LogP contribution is -2.06. The fraction of sp³-hybridized carbons (Fsp3) is 0.333. The maximum Gasteiger partial charge on any atom is 0.230 e. The van der Waals surface area contributed by atoms with Gasteiger partial charge in [-0.1, -0.05) is 0 Å². The summed E-state index contributed by atoms with van der Waals surface area (Å²) >= 11 is 0. The summed E-state index contributed by atoms with van der Waals surface area (Å²) in [6.07, 6.45) is 3.25. The van der Waals surface area contributed by atoms with Crippen molar-refractivity contribution in [3.8, 4) is 5.75 Å². The molecule has 0 amide bonds. The molecule has 0 saturated heterocycles. The molecule has 0 saturated carbocycles. The molecule has 6 nitrogen and oxygen atoms in total. The molecule has 1 aromatic carbocycles. The van der Waals surface area contributed by atoms with Crippen LogP contribution in [0, 0.1) is 13.8 Å². The second-order valence-corrected chi connectivity index (χ2v) is 6.05. The zero-order chi connectivity index (χ0) is 16.7. The summed E-state index contributed by atoms with van der Waals surface area (Å²) in [5, 5.41) is 4.14. The largest absolute Gasteiger partial charge is 0.497 e. The van der Waals surface area contributed by atoms with Crippen molar-refractivity contribution in [2.75, 3.05) is 12.4 Å². The van der Waals surface area contributed by atoms with E-state index in [2.05, 4.69) is 25.3 Å². The molecule has 6 heteroatoms. The van der Waals surface area contributed by atoms with Crippen LogP contribution in [0.4, 0.5) is 11.9 Å². The van der Waals surface area contributed by atoms with Gasteiger partial charge in [0.15, 0.2) is 0 Å². The van der Waals surface area contributed by atoms with Crippen LogP contribution in [0.3, 0.4) is 0 Å². The first-order valence-corrected chi connectivity index (χ1v) is 8.10. The molecule has 0 radical (unpaired) electrons. The predicted molar refractivity (Wildman–Crippen MR) is 92.9 cm³/mol. The SMILES string of the molecule is COc1ccc2nc(Nc3nc(C)c4c(n3)CCC4)nc(C)c2c1. The number of methoxy groups -OCH3 is 1. The van der Waals surface area contributed by atoms with Crippen molar-refractivity contribution in [1.29, 1.82) is 0 Å². The summed E-state index contributed by atoms with van der Waals surface area (Å²) in [5.74, 6) is 1.88. The Morgan fingerprint density at radius 2 is 1.75 bits per heavy atom. The number of nitrogens with one attached hydrogen (secondary N) is 1. The van der Waals surface area contributed by atoms with Gasteiger partial charge in [0, 0.05) is 16.8 Å². The zero-order valence-electron chi connectivity index (χ0n) is 14.1. The van der Waals surface area contributed by atoms with Crippen LogP contribution in [0.2, 0.25) is 0 Å². The van der Waals surface area contributed by atoms with Crippen LogP contribution in [0.25, 0.3) is 10.9 Å². The van der Waals surface area contributed by atoms with E-state index in [1.165, 1.54) is 5.56 Å². The Labute approximate surface area is 140 Å². The quantitative estimate of drug-likeness (QED) is 0.798. The normalized spacial score (nSPS) is 13.1. The molecule has 1 aliphatic rings. The average Bonchev–Trinajstić information content (AvgIpc) is 3.04. The molecule has 2 heterocycles. The second-order valence-electron chi connectivity index (χ2n) is 6.05. The number of benzene rings is 1. The van der Waals surface area contributed by atoms with Crippen LogP contribution >= 0.6 is 0 Å². The van der Waals surface area contributed by atoms with E-state index in [0.29, 0.717) is 11.9 Å². The molecule has 1 aliphatic carbocycles. The van der Waals surface area contributed by atoms with Crippen molar-refractivity contribution in [3.05, 3.63) is 40.8 Å². The van der Waals surface area contributed by atoms with E-state index < -0.39 is 0 Å². The number of rotatable bonds is 3. The Bertz CT molecular complexity index is 938. The molecule has 4 rings (SSSR count). The van der Waals surface area contributed by atoms with E-state index in [1.807, 2.05) is 32.0 Å². The predicted octanol–water partition coefficient (Wildman–Crippen LogP) is 3.28. The highest BCUT2D eigenvalue weighted by Crippen LogP contribution is 2.26. The van der Waals surface area contributed by atoms with Crippen LogP contribution < -0.4 is 10.1 Å². The summed E-state index contributed by atoms with van der Waals surface area (Å²) in [5.41, 5.74) is 5.24. The van der Waals surface area contributed by atoms with Crippen LogP contribution in [-0.2, 0) is 12.8 Å². The molecule has 0 bridgehead atoms. The van der Waals surface area contributed by atoms with Crippen molar-refractivity contribution >= 4 is 22.8 Å². The third-order valence-corrected chi connectivity index (χ3v) is 4.46. The van der Waals surface area contributed by atoms with E-state index in [-0.39, 0.29) is 0 Å². The standard InChI is InChI=1S/C18H19N5O/c1-10-13-5-4-6-15(13)21-17(19-10)23-18-20-11(2)14-9-12(24-3)7-8-16(14)22-18/h7-9H,4-6H2,1-3H3,(H,19,20,21,22,23). The third kappa shape index (κ3) is 2.54. The molecule has 0 unspecified atom stereocenters. The van der Waals surface area contributed by atoms with Gasteiger partial charge in [0.1, 0.15) is 5.75 Å². The summed E-state index contributed by atoms with van der Waals surface area (Å²) in [6, 6.07) is 5.78. The molecule has 2 aromatic heterocycles. The Morgan fingerprint density at radius 1 is 0.958 bits per heavy atom. The maximum atomic E-state index is 5.27. The molecule has 0 spiro atoms. The highest BCUT2D eigenvalue weighted by molar-refractivity contribution is 5.83. The molecule has 3 aromatic rings. The molecular weight excluding hydrogens is 302 g/mol. The van der Waals surface area contributed by atoms with Gasteiger partial charge < -0.3 is 4.74 Å². The number of ether oxygens (including phenoxy) is 1. The molecule has 122 valence electrons. The number of hydrogen-bond acceptors (Lipinski definition) is 6. The van der Waals surface area contributed by atoms with E-state index in [4.69, 9.17) is 4.74 Å². The first-order chi connectivity index (χ1) is 11.6. The van der Waals surface area contributed by atoms with Gasteiger partial charge in [-0.05, 0) is 56.9 Å². The molecular formula is C18H19N5O. The van der Waals surface area contributed by atoms with Gasteiger partial charge in [-0.3, -0.25) is 5.32 Å². The molecule has 0 atom stereocenters. The number of anilines is 2. The second kappa shape index (κ2) is 5.70. The van der Waals surface area contributed by atoms with Gasteiger partial charge in [0.05, 0.1) is 18.3 Å². The fourth-order valence-electron chi connectivity index (χ4n) is 3.22. The van der Waals surface area contributed by atoms with Crippen molar-refractivity contribution in [1.82, 2.24) is 19.9 Å². The first-order valence-electron chi connectivity index (χ1n) is 8.10. The van der Waals surface area contributed by atoms with Crippen LogP contribution in [-0.4, -0.2) is 27.0 Å². The average molecular weight is 321 g/mol. The molecule has 1 N–H and O–H groups in total. The fourth-order valence-corrected chi connectivity index (χ4v) is 3.22. The minimum atomic E-state index is 0.516. The monoisotopic (exact) mass is 321 g/mol. The van der Waals surface area contributed by atoms with Gasteiger partial charge in [0.2, 0.25) is 11.9 Å². The lowest BCUT2D eigenvalue weighted by molar-refractivity contribution is 0.415. The van der Waals surface area contributed by atoms with Gasteiger partial charge in [-0.2, -0.15) is 0 Å². The number of aromatic nitrogens is 4. The van der Waals surface area contributed by atoms with Gasteiger partial charge in [-0.15, -0.1) is 0 Å². The number of nitrogens with zero attached hydrogens (tertiary/aromatic N) is 4. The van der Waals surface area contributed by atoms with E-state index in [1.54, 1.807) is 7.11 Å². The van der Waals surface area contributed by atoms with Crippen molar-refractivity contribution < 1.29 is 4.74 Å². The van der Waals surface area contributed by atoms with Crippen LogP contribution in [0.15, 0.2) is 18.2 Å². The summed E-state index contributed by atoms with van der Waals surface area (Å²) < 4.78 is 5.27. The Balaban J connectivity index is 1.71. The van der Waals surface area contributed by atoms with E-state index >= 15 is 0 Å². The van der Waals surface area contributed by atoms with Crippen LogP contribution in [0.5, 0.6) is 5.75 Å². The highest BCUT2D eigenvalue weighted by atomic mass is 16.5. The molecule has 0 aliphatic heterocycles. The highest BCUT2D eigenvalue weighted by Gasteiger charge is 2.17. The van der Waals surface area contributed by atoms with Crippen molar-refractivity contribution in [2.24, 2.45) is 0 Å². The number of fused-ring (bicyclic) bond motifs is 2. The summed E-state index contributed by atoms with van der Waals surface area (Å²) in [6.45, 7) is 4.00. The Morgan fingerprint density at radius 3 is 2.58 bits per heavy atom. The van der Waals surface area contributed by atoms with Crippen molar-refractivity contribution in [2.45, 2.75) is 33.1 Å². The smallest absolute Gasteiger partial charge is 0.230 e. The Hall–Kier alpha value is -2.76. The lowest BCUT2D eigenvalue weighted by atomic mass is 10.2. The van der Waals surface area contributed by atoms with Crippen molar-refractivity contribution in [3.63, 3.8) is 0 Å². The third-order valence-electron chi connectivity index (χ3n) is 4.46. The maximum absolute atomic E-state index is 5.27. The van der Waals surface area contributed by atoms with Gasteiger partial charge in [0.25, 0.3) is 0 Å². The Kier molecular flexibility index (Phi) is 3.52. The lowest BCUT2D eigenvalue weighted by Gasteiger charge is -2.10. The topological polar surface area (TPSA) is 72.8 Å².